The quantitative estimate of drug-likeness (QED) is 0.486. The van der Waals surface area contributed by atoms with Gasteiger partial charge in [0.2, 0.25) is 0 Å². The fourth-order valence-electron chi connectivity index (χ4n) is 1.95. The lowest BCUT2D eigenvalue weighted by Crippen LogP contribution is -2.03. The summed E-state index contributed by atoms with van der Waals surface area (Å²) in [7, 11) is -2.95. The molecule has 118 valence electrons. The van der Waals surface area contributed by atoms with Crippen LogP contribution in [0.4, 0.5) is 11.4 Å². The van der Waals surface area contributed by atoms with Crippen LogP contribution >= 0.6 is 8.25 Å². The molecule has 1 unspecified atom stereocenters. The molecule has 0 amide bonds. The predicted octanol–water partition coefficient (Wildman–Crippen LogP) is 3.26. The molecule has 0 radical (unpaired) electrons. The Bertz CT molecular complexity index is 688. The zero-order valence-corrected chi connectivity index (χ0v) is 12.3. The maximum Gasteiger partial charge on any atom is 0.695 e. The van der Waals surface area contributed by atoms with E-state index in [2.05, 4.69) is 0 Å². The first-order valence-electron chi connectivity index (χ1n) is 6.20. The molecule has 9 nitrogen and oxygen atoms in total. The molecule has 0 aromatic heterocycles. The van der Waals surface area contributed by atoms with Crippen molar-refractivity contribution < 1.29 is 23.8 Å². The van der Waals surface area contributed by atoms with Gasteiger partial charge in [0.05, 0.1) is 9.85 Å². The molecule has 1 N–H and O–H groups in total. The fourth-order valence-corrected chi connectivity index (χ4v) is 2.37. The molecule has 0 fully saturated rings. The van der Waals surface area contributed by atoms with Gasteiger partial charge in [-0.2, -0.15) is 0 Å². The molecule has 2 aromatic rings. The van der Waals surface area contributed by atoms with Crippen LogP contribution in [0.3, 0.4) is 0 Å². The molecule has 0 aliphatic rings. The minimum absolute atomic E-state index is 0.135. The van der Waals surface area contributed by atoms with E-state index < -0.39 is 24.2 Å². The van der Waals surface area contributed by atoms with Crippen molar-refractivity contribution in [1.82, 2.24) is 0 Å². The maximum absolute atomic E-state index is 11.0. The highest BCUT2D eigenvalue weighted by molar-refractivity contribution is 7.32. The standard InChI is InChI=1S/C13H9N2O7P/c16-14(17)11-5-1-9(2-6-11)13(22-23(20)21)10-3-7-12(8-4-10)15(18)19/h1-8,13H/p+1. The molecule has 2 rings (SSSR count). The number of rotatable bonds is 6. The minimum Gasteiger partial charge on any atom is -0.258 e. The van der Waals surface area contributed by atoms with E-state index in [9.17, 15) is 24.8 Å². The van der Waals surface area contributed by atoms with Crippen LogP contribution in [0, 0.1) is 20.2 Å². The maximum atomic E-state index is 11.0. The van der Waals surface area contributed by atoms with Crippen molar-refractivity contribution in [1.29, 1.82) is 0 Å². The Balaban J connectivity index is 2.38. The zero-order chi connectivity index (χ0) is 17.0. The summed E-state index contributed by atoms with van der Waals surface area (Å²) in [5, 5.41) is 21.3. The summed E-state index contributed by atoms with van der Waals surface area (Å²) >= 11 is 0. The van der Waals surface area contributed by atoms with Crippen LogP contribution in [-0.4, -0.2) is 14.7 Å². The van der Waals surface area contributed by atoms with E-state index in [4.69, 9.17) is 9.42 Å². The van der Waals surface area contributed by atoms with Crippen molar-refractivity contribution in [2.45, 2.75) is 6.10 Å². The fraction of sp³-hybridized carbons (Fsp3) is 0.0769. The second-order valence-corrected chi connectivity index (χ2v) is 5.11. The Labute approximate surface area is 130 Å². The summed E-state index contributed by atoms with van der Waals surface area (Å²) in [6, 6.07) is 10.5. The Morgan fingerprint density at radius 2 is 1.22 bits per heavy atom. The molecule has 0 spiro atoms. The molecule has 0 saturated carbocycles. The van der Waals surface area contributed by atoms with Gasteiger partial charge in [-0.15, -0.1) is 9.42 Å². The molecule has 0 aliphatic carbocycles. The third-order valence-electron chi connectivity index (χ3n) is 3.01. The van der Waals surface area contributed by atoms with Crippen molar-refractivity contribution in [3.63, 3.8) is 0 Å². The molecule has 0 heterocycles. The van der Waals surface area contributed by atoms with Gasteiger partial charge in [0, 0.05) is 28.8 Å². The van der Waals surface area contributed by atoms with Crippen LogP contribution in [0.25, 0.3) is 0 Å². The summed E-state index contributed by atoms with van der Waals surface area (Å²) in [6.07, 6.45) is -0.981. The summed E-state index contributed by atoms with van der Waals surface area (Å²) < 4.78 is 16.0. The van der Waals surface area contributed by atoms with Crippen LogP contribution in [0.5, 0.6) is 0 Å². The van der Waals surface area contributed by atoms with Crippen LogP contribution in [-0.2, 0) is 9.09 Å². The Hall–Kier alpha value is -2.74. The highest BCUT2D eigenvalue weighted by Crippen LogP contribution is 2.35. The first kappa shape index (κ1) is 16.6. The molecule has 0 saturated heterocycles. The van der Waals surface area contributed by atoms with Gasteiger partial charge in [0.15, 0.2) is 6.10 Å². The number of nitro benzene ring substituents is 2. The van der Waals surface area contributed by atoms with Gasteiger partial charge in [-0.3, -0.25) is 20.2 Å². The summed E-state index contributed by atoms with van der Waals surface area (Å²) in [5.74, 6) is 0. The second-order valence-electron chi connectivity index (χ2n) is 4.42. The van der Waals surface area contributed by atoms with Gasteiger partial charge in [-0.05, 0) is 35.4 Å². The second kappa shape index (κ2) is 7.01. The van der Waals surface area contributed by atoms with E-state index in [1.54, 1.807) is 0 Å². The highest BCUT2D eigenvalue weighted by Gasteiger charge is 2.27. The lowest BCUT2D eigenvalue weighted by molar-refractivity contribution is -0.385. The third kappa shape index (κ3) is 4.13. The van der Waals surface area contributed by atoms with Gasteiger partial charge >= 0.3 is 8.25 Å². The van der Waals surface area contributed by atoms with Gasteiger partial charge in [-0.1, -0.05) is 0 Å². The van der Waals surface area contributed by atoms with E-state index in [1.807, 2.05) is 0 Å². The van der Waals surface area contributed by atoms with Crippen LogP contribution in [0.2, 0.25) is 0 Å². The van der Waals surface area contributed by atoms with Crippen LogP contribution in [0.15, 0.2) is 48.5 Å². The smallest absolute Gasteiger partial charge is 0.258 e. The van der Waals surface area contributed by atoms with E-state index in [-0.39, 0.29) is 11.4 Å². The number of nitro groups is 2. The van der Waals surface area contributed by atoms with Crippen molar-refractivity contribution in [2.24, 2.45) is 0 Å². The first-order valence-corrected chi connectivity index (χ1v) is 7.33. The molecule has 0 aliphatic heterocycles. The topological polar surface area (TPSA) is 133 Å². The number of non-ortho nitro benzene ring substituents is 2. The Morgan fingerprint density at radius 1 is 0.870 bits per heavy atom. The van der Waals surface area contributed by atoms with Gasteiger partial charge in [-0.25, -0.2) is 0 Å². The summed E-state index contributed by atoms with van der Waals surface area (Å²) in [5.41, 5.74) is 0.540. The number of benzene rings is 2. The van der Waals surface area contributed by atoms with Gasteiger partial charge in [0.25, 0.3) is 11.4 Å². The predicted molar refractivity (Wildman–Crippen MR) is 78.9 cm³/mol. The molecule has 1 atom stereocenters. The lowest BCUT2D eigenvalue weighted by Gasteiger charge is -2.11. The summed E-state index contributed by atoms with van der Waals surface area (Å²) in [6.45, 7) is 0. The zero-order valence-electron chi connectivity index (χ0n) is 11.4. The largest absolute Gasteiger partial charge is 0.695 e. The molecule has 23 heavy (non-hydrogen) atoms. The molecular formula is C13H10N2O7P+. The minimum atomic E-state index is -2.95. The highest BCUT2D eigenvalue weighted by atomic mass is 31.1. The van der Waals surface area contributed by atoms with Crippen molar-refractivity contribution in [3.05, 3.63) is 79.9 Å². The third-order valence-corrected chi connectivity index (χ3v) is 3.40. The van der Waals surface area contributed by atoms with Gasteiger partial charge in [0.1, 0.15) is 0 Å². The van der Waals surface area contributed by atoms with E-state index in [1.165, 1.54) is 48.5 Å². The number of nitrogens with zero attached hydrogens (tertiary/aromatic N) is 2. The molecular weight excluding hydrogens is 327 g/mol. The SMILES string of the molecule is O=[N+]([O-])c1ccc(C(O[P+](=O)O)c2ccc([N+](=O)[O-])cc2)cc1. The first-order chi connectivity index (χ1) is 10.9. The number of hydrogen-bond acceptors (Lipinski definition) is 6. The van der Waals surface area contributed by atoms with Gasteiger partial charge < -0.3 is 0 Å². The van der Waals surface area contributed by atoms with Crippen LogP contribution < -0.4 is 0 Å². The Kier molecular flexibility index (Phi) is 5.07. The van der Waals surface area contributed by atoms with E-state index in [0.29, 0.717) is 11.1 Å². The summed E-state index contributed by atoms with van der Waals surface area (Å²) in [4.78, 5) is 29.2. The monoisotopic (exact) mass is 337 g/mol. The van der Waals surface area contributed by atoms with E-state index >= 15 is 0 Å². The van der Waals surface area contributed by atoms with Crippen molar-refractivity contribution in [3.8, 4) is 0 Å². The van der Waals surface area contributed by atoms with Crippen molar-refractivity contribution >= 4 is 19.6 Å². The van der Waals surface area contributed by atoms with E-state index in [0.717, 1.165) is 0 Å². The average Bonchev–Trinajstić information content (AvgIpc) is 2.52. The average molecular weight is 337 g/mol. The normalized spacial score (nSPS) is 11.3. The molecule has 0 bridgehead atoms. The van der Waals surface area contributed by atoms with Crippen LogP contribution in [0.1, 0.15) is 17.2 Å². The lowest BCUT2D eigenvalue weighted by atomic mass is 10.0. The molecule has 2 aromatic carbocycles. The molecule has 10 heteroatoms. The number of hydrogen-bond donors (Lipinski definition) is 1. The Morgan fingerprint density at radius 3 is 1.48 bits per heavy atom. The van der Waals surface area contributed by atoms with Crippen molar-refractivity contribution in [2.75, 3.05) is 0 Å².